The van der Waals surface area contributed by atoms with Crippen LogP contribution in [0.25, 0.3) is 0 Å². The molecule has 2 saturated heterocycles. The quantitative estimate of drug-likeness (QED) is 0.899. The van der Waals surface area contributed by atoms with Gasteiger partial charge in [-0.25, -0.2) is 4.98 Å². The maximum absolute atomic E-state index is 12.2. The number of benzene rings is 1. The molecular formula is C16H16ClN3O3. The zero-order chi connectivity index (χ0) is 15.8. The van der Waals surface area contributed by atoms with Gasteiger partial charge in [0.05, 0.1) is 0 Å². The van der Waals surface area contributed by atoms with Crippen molar-refractivity contribution in [3.05, 3.63) is 41.4 Å². The predicted molar refractivity (Wildman–Crippen MR) is 83.8 cm³/mol. The van der Waals surface area contributed by atoms with E-state index >= 15 is 0 Å². The summed E-state index contributed by atoms with van der Waals surface area (Å²) >= 11 is 5.82. The molecular weight excluding hydrogens is 318 g/mol. The Morgan fingerprint density at radius 2 is 2.17 bits per heavy atom. The molecule has 2 aliphatic heterocycles. The lowest BCUT2D eigenvalue weighted by molar-refractivity contribution is 0.0891. The molecule has 0 saturated carbocycles. The summed E-state index contributed by atoms with van der Waals surface area (Å²) in [6.07, 6.45) is 4.65. The summed E-state index contributed by atoms with van der Waals surface area (Å²) in [5, 5.41) is 7.08. The molecule has 7 heteroatoms. The van der Waals surface area contributed by atoms with Gasteiger partial charge in [0.15, 0.2) is 0 Å². The van der Waals surface area contributed by atoms with Crippen LogP contribution in [-0.2, 0) is 0 Å². The minimum atomic E-state index is -0.310. The van der Waals surface area contributed by atoms with E-state index in [2.05, 4.69) is 15.6 Å². The summed E-state index contributed by atoms with van der Waals surface area (Å²) < 4.78 is 10.9. The van der Waals surface area contributed by atoms with Gasteiger partial charge in [-0.2, -0.15) is 0 Å². The molecule has 2 aliphatic rings. The standard InChI is InChI=1S/C16H16ClN3O3/c17-9-1-4-11(5-2-9)22-14-8-18-16(23-14)15(21)20-13-7-10-3-6-12(13)19-10/h1-2,4-5,8,10,12-13,19H,3,6-7H2,(H,20,21). The van der Waals surface area contributed by atoms with Crippen molar-refractivity contribution < 1.29 is 13.9 Å². The van der Waals surface area contributed by atoms with Gasteiger partial charge in [-0.05, 0) is 43.5 Å². The number of nitrogens with one attached hydrogen (secondary N) is 2. The Morgan fingerprint density at radius 1 is 1.35 bits per heavy atom. The predicted octanol–water partition coefficient (Wildman–Crippen LogP) is 2.74. The van der Waals surface area contributed by atoms with Crippen LogP contribution in [0.3, 0.4) is 0 Å². The average molecular weight is 334 g/mol. The zero-order valence-electron chi connectivity index (χ0n) is 12.3. The van der Waals surface area contributed by atoms with E-state index in [0.29, 0.717) is 22.9 Å². The molecule has 2 N–H and O–H groups in total. The van der Waals surface area contributed by atoms with Crippen molar-refractivity contribution in [3.63, 3.8) is 0 Å². The van der Waals surface area contributed by atoms with E-state index in [4.69, 9.17) is 20.8 Å². The summed E-state index contributed by atoms with van der Waals surface area (Å²) in [7, 11) is 0. The SMILES string of the molecule is O=C(NC1CC2CCC1N2)c1ncc(Oc2ccc(Cl)cc2)o1. The van der Waals surface area contributed by atoms with E-state index in [1.165, 1.54) is 12.6 Å². The summed E-state index contributed by atoms with van der Waals surface area (Å²) in [4.78, 5) is 16.2. The van der Waals surface area contributed by atoms with Gasteiger partial charge >= 0.3 is 11.9 Å². The van der Waals surface area contributed by atoms with Gasteiger partial charge in [0.2, 0.25) is 0 Å². The number of carbonyl (C=O) groups excluding carboxylic acids is 1. The molecule has 4 rings (SSSR count). The molecule has 23 heavy (non-hydrogen) atoms. The van der Waals surface area contributed by atoms with E-state index in [1.807, 2.05) is 0 Å². The van der Waals surface area contributed by atoms with E-state index in [1.54, 1.807) is 24.3 Å². The fourth-order valence-electron chi connectivity index (χ4n) is 3.24. The van der Waals surface area contributed by atoms with Crippen molar-refractivity contribution in [3.8, 4) is 11.7 Å². The number of rotatable bonds is 4. The second-order valence-electron chi connectivity index (χ2n) is 5.90. The Bertz CT molecular complexity index is 716. The maximum atomic E-state index is 12.2. The van der Waals surface area contributed by atoms with Crippen LogP contribution in [0.5, 0.6) is 11.7 Å². The van der Waals surface area contributed by atoms with Crippen molar-refractivity contribution in [1.29, 1.82) is 0 Å². The molecule has 3 unspecified atom stereocenters. The van der Waals surface area contributed by atoms with Crippen molar-refractivity contribution in [2.75, 3.05) is 0 Å². The lowest BCUT2D eigenvalue weighted by atomic mass is 9.95. The van der Waals surface area contributed by atoms with Crippen molar-refractivity contribution in [1.82, 2.24) is 15.6 Å². The van der Waals surface area contributed by atoms with E-state index in [-0.39, 0.29) is 23.8 Å². The largest absolute Gasteiger partial charge is 0.425 e. The second-order valence-corrected chi connectivity index (χ2v) is 6.34. The third-order valence-electron chi connectivity index (χ3n) is 4.33. The number of hydrogen-bond donors (Lipinski definition) is 2. The van der Waals surface area contributed by atoms with Crippen molar-refractivity contribution in [2.24, 2.45) is 0 Å². The van der Waals surface area contributed by atoms with E-state index < -0.39 is 0 Å². The topological polar surface area (TPSA) is 76.4 Å². The molecule has 2 fully saturated rings. The minimum absolute atomic E-state index is 0.0109. The second kappa shape index (κ2) is 5.86. The minimum Gasteiger partial charge on any atom is -0.425 e. The molecule has 0 radical (unpaired) electrons. The van der Waals surface area contributed by atoms with Crippen molar-refractivity contribution >= 4 is 17.5 Å². The molecule has 0 aliphatic carbocycles. The normalized spacial score (nSPS) is 25.5. The number of nitrogens with zero attached hydrogens (tertiary/aromatic N) is 1. The van der Waals surface area contributed by atoms with Gasteiger partial charge in [0.1, 0.15) is 11.9 Å². The smallest absolute Gasteiger partial charge is 0.311 e. The molecule has 1 aromatic carbocycles. The Balaban J connectivity index is 1.39. The van der Waals surface area contributed by atoms with Crippen LogP contribution in [0, 0.1) is 0 Å². The molecule has 3 heterocycles. The van der Waals surface area contributed by atoms with Crippen LogP contribution in [0.2, 0.25) is 5.02 Å². The van der Waals surface area contributed by atoms with Crippen LogP contribution in [0.1, 0.15) is 29.9 Å². The van der Waals surface area contributed by atoms with Gasteiger partial charge < -0.3 is 19.8 Å². The lowest BCUT2D eigenvalue weighted by Crippen LogP contribution is -2.43. The summed E-state index contributed by atoms with van der Waals surface area (Å²) in [6, 6.07) is 7.89. The first kappa shape index (κ1) is 14.5. The number of hydrogen-bond acceptors (Lipinski definition) is 5. The average Bonchev–Trinajstić information content (AvgIpc) is 3.26. The first-order valence-electron chi connectivity index (χ1n) is 7.63. The highest BCUT2D eigenvalue weighted by Crippen LogP contribution is 2.29. The number of ether oxygens (including phenoxy) is 1. The number of halogens is 1. The fourth-order valence-corrected chi connectivity index (χ4v) is 3.37. The Kier molecular flexibility index (Phi) is 3.71. The molecule has 2 aromatic rings. The maximum Gasteiger partial charge on any atom is 0.311 e. The highest BCUT2D eigenvalue weighted by molar-refractivity contribution is 6.30. The van der Waals surface area contributed by atoms with Gasteiger partial charge in [-0.3, -0.25) is 4.79 Å². The highest BCUT2D eigenvalue weighted by atomic mass is 35.5. The van der Waals surface area contributed by atoms with E-state index in [0.717, 1.165) is 12.8 Å². The monoisotopic (exact) mass is 333 g/mol. The fraction of sp³-hybridized carbons (Fsp3) is 0.375. The number of fused-ring (bicyclic) bond motifs is 2. The first-order valence-corrected chi connectivity index (χ1v) is 8.01. The van der Waals surface area contributed by atoms with Crippen LogP contribution in [0.15, 0.2) is 34.9 Å². The number of carbonyl (C=O) groups is 1. The van der Waals surface area contributed by atoms with Crippen LogP contribution < -0.4 is 15.4 Å². The molecule has 3 atom stereocenters. The van der Waals surface area contributed by atoms with E-state index in [9.17, 15) is 4.79 Å². The molecule has 2 bridgehead atoms. The third-order valence-corrected chi connectivity index (χ3v) is 4.58. The van der Waals surface area contributed by atoms with Crippen LogP contribution in [0.4, 0.5) is 0 Å². The van der Waals surface area contributed by atoms with Gasteiger partial charge in [0, 0.05) is 23.1 Å². The third kappa shape index (κ3) is 3.04. The molecule has 6 nitrogen and oxygen atoms in total. The molecule has 1 amide bonds. The highest BCUT2D eigenvalue weighted by Gasteiger charge is 2.40. The van der Waals surface area contributed by atoms with Gasteiger partial charge in [-0.1, -0.05) is 11.6 Å². The zero-order valence-corrected chi connectivity index (χ0v) is 13.0. The summed E-state index contributed by atoms with van der Waals surface area (Å²) in [5.74, 6) is 0.436. The number of amides is 1. The Morgan fingerprint density at radius 3 is 2.87 bits per heavy atom. The summed E-state index contributed by atoms with van der Waals surface area (Å²) in [6.45, 7) is 0. The van der Waals surface area contributed by atoms with Gasteiger partial charge in [-0.15, -0.1) is 0 Å². The molecule has 0 spiro atoms. The van der Waals surface area contributed by atoms with Gasteiger partial charge in [0.25, 0.3) is 5.89 Å². The Labute approximate surface area is 138 Å². The first-order chi connectivity index (χ1) is 11.2. The Hall–Kier alpha value is -2.05. The summed E-state index contributed by atoms with van der Waals surface area (Å²) in [5.41, 5.74) is 0. The molecule has 1 aromatic heterocycles. The lowest BCUT2D eigenvalue weighted by Gasteiger charge is -2.20. The number of oxazole rings is 1. The van der Waals surface area contributed by atoms with Crippen LogP contribution >= 0.6 is 11.6 Å². The van der Waals surface area contributed by atoms with Crippen LogP contribution in [-0.4, -0.2) is 29.0 Å². The molecule has 120 valence electrons. The number of aromatic nitrogens is 1. The van der Waals surface area contributed by atoms with Crippen molar-refractivity contribution in [2.45, 2.75) is 37.4 Å².